The first-order valence-corrected chi connectivity index (χ1v) is 8.41. The second-order valence-electron chi connectivity index (χ2n) is 4.73. The van der Waals surface area contributed by atoms with Gasteiger partial charge < -0.3 is 9.47 Å². The molecule has 25 heavy (non-hydrogen) atoms. The summed E-state index contributed by atoms with van der Waals surface area (Å²) in [7, 11) is -2.73. The molecule has 8 heteroatoms. The standard InChI is InChI=1S/C17H13F2NO4S/c1-23-16-10-12(7-8-15(16)24-17(18)19)9-14(11-20)25(21,22)13-5-3-2-4-6-13/h2-10,17H,1H3/b14-9-. The van der Waals surface area contributed by atoms with E-state index in [1.54, 1.807) is 24.3 Å². The molecular formula is C17H13F2NO4S. The van der Waals surface area contributed by atoms with Crippen LogP contribution in [-0.2, 0) is 9.84 Å². The molecule has 0 fully saturated rings. The van der Waals surface area contributed by atoms with Crippen molar-refractivity contribution in [2.45, 2.75) is 11.5 Å². The molecule has 0 unspecified atom stereocenters. The van der Waals surface area contributed by atoms with Gasteiger partial charge in [-0.25, -0.2) is 8.42 Å². The molecule has 2 rings (SSSR count). The summed E-state index contributed by atoms with van der Waals surface area (Å²) in [6.07, 6.45) is 1.14. The molecule has 0 saturated carbocycles. The van der Waals surface area contributed by atoms with Crippen molar-refractivity contribution in [2.75, 3.05) is 7.11 Å². The molecule has 0 N–H and O–H groups in total. The lowest BCUT2D eigenvalue weighted by Gasteiger charge is -2.10. The molecule has 0 aliphatic carbocycles. The van der Waals surface area contributed by atoms with Crippen LogP contribution in [-0.4, -0.2) is 22.1 Å². The monoisotopic (exact) mass is 365 g/mol. The molecule has 0 aromatic heterocycles. The van der Waals surface area contributed by atoms with Crippen LogP contribution < -0.4 is 9.47 Å². The highest BCUT2D eigenvalue weighted by molar-refractivity contribution is 7.95. The molecule has 0 atom stereocenters. The Morgan fingerprint density at radius 2 is 1.84 bits per heavy atom. The van der Waals surface area contributed by atoms with E-state index in [-0.39, 0.29) is 22.0 Å². The first kappa shape index (κ1) is 18.4. The van der Waals surface area contributed by atoms with E-state index in [1.165, 1.54) is 37.4 Å². The minimum Gasteiger partial charge on any atom is -0.493 e. The van der Waals surface area contributed by atoms with Crippen LogP contribution in [0.1, 0.15) is 5.56 Å². The first-order valence-electron chi connectivity index (χ1n) is 6.93. The molecule has 0 aliphatic heterocycles. The second-order valence-corrected chi connectivity index (χ2v) is 6.64. The number of sulfone groups is 1. The molecular weight excluding hydrogens is 352 g/mol. The third-order valence-electron chi connectivity index (χ3n) is 3.15. The number of allylic oxidation sites excluding steroid dienone is 1. The van der Waals surface area contributed by atoms with E-state index >= 15 is 0 Å². The zero-order valence-electron chi connectivity index (χ0n) is 13.0. The van der Waals surface area contributed by atoms with Crippen LogP contribution in [0.3, 0.4) is 0 Å². The van der Waals surface area contributed by atoms with Gasteiger partial charge in [-0.2, -0.15) is 14.0 Å². The van der Waals surface area contributed by atoms with Crippen LogP contribution in [0.4, 0.5) is 8.78 Å². The molecule has 0 bridgehead atoms. The molecule has 0 saturated heterocycles. The van der Waals surface area contributed by atoms with Crippen LogP contribution in [0, 0.1) is 11.3 Å². The Morgan fingerprint density at radius 3 is 2.40 bits per heavy atom. The summed E-state index contributed by atoms with van der Waals surface area (Å²) in [5, 5.41) is 9.23. The van der Waals surface area contributed by atoms with Crippen LogP contribution in [0.5, 0.6) is 11.5 Å². The fourth-order valence-corrected chi connectivity index (χ4v) is 3.20. The van der Waals surface area contributed by atoms with Crippen LogP contribution in [0.2, 0.25) is 0 Å². The van der Waals surface area contributed by atoms with Crippen molar-refractivity contribution in [2.24, 2.45) is 0 Å². The number of nitriles is 1. The van der Waals surface area contributed by atoms with Gasteiger partial charge in [-0.05, 0) is 35.9 Å². The zero-order chi connectivity index (χ0) is 18.4. The minimum absolute atomic E-state index is 0.0107. The number of hydrogen-bond acceptors (Lipinski definition) is 5. The lowest BCUT2D eigenvalue weighted by Crippen LogP contribution is -2.04. The predicted molar refractivity (Wildman–Crippen MR) is 86.8 cm³/mol. The van der Waals surface area contributed by atoms with Crippen molar-refractivity contribution in [1.82, 2.24) is 0 Å². The third kappa shape index (κ3) is 4.33. The summed E-state index contributed by atoms with van der Waals surface area (Å²) in [6.45, 7) is -3.02. The van der Waals surface area contributed by atoms with Crippen molar-refractivity contribution in [3.05, 3.63) is 59.0 Å². The highest BCUT2D eigenvalue weighted by Crippen LogP contribution is 2.31. The first-order chi connectivity index (χ1) is 11.9. The minimum atomic E-state index is -3.99. The van der Waals surface area contributed by atoms with E-state index in [9.17, 15) is 22.5 Å². The number of benzene rings is 2. The van der Waals surface area contributed by atoms with E-state index < -0.39 is 21.4 Å². The smallest absolute Gasteiger partial charge is 0.387 e. The average molecular weight is 365 g/mol. The Labute approximate surface area is 143 Å². The Hall–Kier alpha value is -2.92. The lowest BCUT2D eigenvalue weighted by atomic mass is 10.2. The van der Waals surface area contributed by atoms with Crippen LogP contribution >= 0.6 is 0 Å². The number of alkyl halides is 2. The number of hydrogen-bond donors (Lipinski definition) is 0. The second kappa shape index (κ2) is 7.77. The maximum Gasteiger partial charge on any atom is 0.387 e. The molecule has 0 amide bonds. The molecule has 130 valence electrons. The van der Waals surface area contributed by atoms with Gasteiger partial charge in [0.15, 0.2) is 11.5 Å². The summed E-state index contributed by atoms with van der Waals surface area (Å²) >= 11 is 0. The van der Waals surface area contributed by atoms with Gasteiger partial charge in [0.25, 0.3) is 0 Å². The number of ether oxygens (including phenoxy) is 2. The predicted octanol–water partition coefficient (Wildman–Crippen LogP) is 3.63. The van der Waals surface area contributed by atoms with E-state index in [0.717, 1.165) is 6.08 Å². The Morgan fingerprint density at radius 1 is 1.16 bits per heavy atom. The van der Waals surface area contributed by atoms with E-state index in [2.05, 4.69) is 4.74 Å². The quantitative estimate of drug-likeness (QED) is 0.731. The Balaban J connectivity index is 2.45. The summed E-state index contributed by atoms with van der Waals surface area (Å²) < 4.78 is 58.9. The highest BCUT2D eigenvalue weighted by atomic mass is 32.2. The van der Waals surface area contributed by atoms with Gasteiger partial charge in [-0.3, -0.25) is 0 Å². The van der Waals surface area contributed by atoms with Gasteiger partial charge in [-0.15, -0.1) is 0 Å². The van der Waals surface area contributed by atoms with Gasteiger partial charge in [0.1, 0.15) is 11.0 Å². The normalized spacial score (nSPS) is 11.9. The molecule has 0 aliphatic rings. The Bertz CT molecular complexity index is 919. The van der Waals surface area contributed by atoms with Gasteiger partial charge in [0.2, 0.25) is 9.84 Å². The van der Waals surface area contributed by atoms with Crippen molar-refractivity contribution in [3.63, 3.8) is 0 Å². The van der Waals surface area contributed by atoms with Gasteiger partial charge in [0.05, 0.1) is 12.0 Å². The van der Waals surface area contributed by atoms with Crippen molar-refractivity contribution >= 4 is 15.9 Å². The highest BCUT2D eigenvalue weighted by Gasteiger charge is 2.20. The van der Waals surface area contributed by atoms with Crippen molar-refractivity contribution in [1.29, 1.82) is 5.26 Å². The summed E-state index contributed by atoms with van der Waals surface area (Å²) in [5.74, 6) is -0.206. The topological polar surface area (TPSA) is 76.4 Å². The fraction of sp³-hybridized carbons (Fsp3) is 0.118. The molecule has 0 radical (unpaired) electrons. The van der Waals surface area contributed by atoms with Gasteiger partial charge in [-0.1, -0.05) is 24.3 Å². The van der Waals surface area contributed by atoms with E-state index in [1.807, 2.05) is 0 Å². The molecule has 5 nitrogen and oxygen atoms in total. The molecule has 0 spiro atoms. The summed E-state index contributed by atoms with van der Waals surface area (Å²) in [4.78, 5) is -0.504. The van der Waals surface area contributed by atoms with Crippen LogP contribution in [0.25, 0.3) is 6.08 Å². The van der Waals surface area contributed by atoms with Crippen molar-refractivity contribution in [3.8, 4) is 17.6 Å². The Kier molecular flexibility index (Phi) is 5.72. The average Bonchev–Trinajstić information content (AvgIpc) is 2.60. The summed E-state index contributed by atoms with van der Waals surface area (Å²) in [5.41, 5.74) is 0.287. The third-order valence-corrected chi connectivity index (χ3v) is 4.84. The molecule has 2 aromatic carbocycles. The van der Waals surface area contributed by atoms with E-state index in [4.69, 9.17) is 4.74 Å². The largest absolute Gasteiger partial charge is 0.493 e. The van der Waals surface area contributed by atoms with Gasteiger partial charge in [0, 0.05) is 0 Å². The van der Waals surface area contributed by atoms with Crippen molar-refractivity contribution < 1.29 is 26.7 Å². The number of rotatable bonds is 6. The van der Waals surface area contributed by atoms with Gasteiger partial charge >= 0.3 is 6.61 Å². The summed E-state index contributed by atoms with van der Waals surface area (Å²) in [6, 6.07) is 13.0. The number of halogens is 2. The van der Waals surface area contributed by atoms with E-state index in [0.29, 0.717) is 0 Å². The number of nitrogens with zero attached hydrogens (tertiary/aromatic N) is 1. The molecule has 0 heterocycles. The number of methoxy groups -OCH3 is 1. The maximum atomic E-state index is 12.5. The van der Waals surface area contributed by atoms with Crippen LogP contribution in [0.15, 0.2) is 58.3 Å². The zero-order valence-corrected chi connectivity index (χ0v) is 13.8. The molecule has 2 aromatic rings. The SMILES string of the molecule is COc1cc(/C=C(/C#N)S(=O)(=O)c2ccccc2)ccc1OC(F)F. The maximum absolute atomic E-state index is 12.5. The fourth-order valence-electron chi connectivity index (χ4n) is 2.02. The lowest BCUT2D eigenvalue weighted by molar-refractivity contribution is -0.0512.